The highest BCUT2D eigenvalue weighted by molar-refractivity contribution is 5.94. The Morgan fingerprint density at radius 2 is 1.43 bits per heavy atom. The molecular formula is C18H24O3. The lowest BCUT2D eigenvalue weighted by molar-refractivity contribution is 0.101. The molecule has 0 saturated carbocycles. The number of ether oxygens (including phenoxy) is 2. The lowest BCUT2D eigenvalue weighted by atomic mass is 10.1. The van der Waals surface area contributed by atoms with Gasteiger partial charge in [0.1, 0.15) is 13.2 Å². The Bertz CT molecular complexity index is 546. The van der Waals surface area contributed by atoms with Gasteiger partial charge >= 0.3 is 0 Å². The van der Waals surface area contributed by atoms with Gasteiger partial charge in [-0.1, -0.05) is 11.1 Å². The van der Waals surface area contributed by atoms with E-state index in [0.29, 0.717) is 30.3 Å². The summed E-state index contributed by atoms with van der Waals surface area (Å²) in [7, 11) is 0. The smallest absolute Gasteiger partial charge is 0.162 e. The molecule has 0 bridgehead atoms. The van der Waals surface area contributed by atoms with Gasteiger partial charge in [-0.2, -0.15) is 0 Å². The molecule has 1 rings (SSSR count). The maximum atomic E-state index is 11.5. The van der Waals surface area contributed by atoms with Crippen LogP contribution in [0.1, 0.15) is 45.0 Å². The van der Waals surface area contributed by atoms with Crippen molar-refractivity contribution in [3.8, 4) is 11.5 Å². The van der Waals surface area contributed by atoms with Crippen molar-refractivity contribution in [3.63, 3.8) is 0 Å². The Hall–Kier alpha value is -2.03. The van der Waals surface area contributed by atoms with Gasteiger partial charge in [-0.3, -0.25) is 4.79 Å². The van der Waals surface area contributed by atoms with Crippen molar-refractivity contribution >= 4 is 5.78 Å². The fraction of sp³-hybridized carbons (Fsp3) is 0.389. The number of hydrogen-bond donors (Lipinski definition) is 0. The third-order valence-electron chi connectivity index (χ3n) is 2.81. The lowest BCUT2D eigenvalue weighted by Crippen LogP contribution is -2.02. The zero-order valence-corrected chi connectivity index (χ0v) is 13.5. The molecule has 0 N–H and O–H groups in total. The van der Waals surface area contributed by atoms with E-state index in [1.165, 1.54) is 11.1 Å². The van der Waals surface area contributed by atoms with Crippen LogP contribution in [0.3, 0.4) is 0 Å². The van der Waals surface area contributed by atoms with Crippen LogP contribution in [0.2, 0.25) is 0 Å². The first-order valence-electron chi connectivity index (χ1n) is 7.07. The van der Waals surface area contributed by atoms with Gasteiger partial charge in [0.2, 0.25) is 0 Å². The molecule has 0 atom stereocenters. The topological polar surface area (TPSA) is 35.5 Å². The summed E-state index contributed by atoms with van der Waals surface area (Å²) in [4.78, 5) is 11.5. The molecular weight excluding hydrogens is 264 g/mol. The van der Waals surface area contributed by atoms with Gasteiger partial charge in [0.05, 0.1) is 0 Å². The monoisotopic (exact) mass is 288 g/mol. The molecule has 0 unspecified atom stereocenters. The normalized spacial score (nSPS) is 9.76. The van der Waals surface area contributed by atoms with E-state index >= 15 is 0 Å². The number of ketones is 1. The van der Waals surface area contributed by atoms with Crippen LogP contribution in [0, 0.1) is 0 Å². The first-order chi connectivity index (χ1) is 9.90. The standard InChI is InChI=1S/C18H24O3/c1-13(2)8-10-20-17-7-6-16(15(5)19)12-18(17)21-11-9-14(3)4/h6-9,12H,10-11H2,1-5H3. The average Bonchev–Trinajstić information content (AvgIpc) is 2.39. The summed E-state index contributed by atoms with van der Waals surface area (Å²) in [6, 6.07) is 5.28. The Labute approximate surface area is 127 Å². The van der Waals surface area contributed by atoms with Crippen molar-refractivity contribution in [1.29, 1.82) is 0 Å². The third-order valence-corrected chi connectivity index (χ3v) is 2.81. The minimum Gasteiger partial charge on any atom is -0.486 e. The van der Waals surface area contributed by atoms with Crippen LogP contribution < -0.4 is 9.47 Å². The summed E-state index contributed by atoms with van der Waals surface area (Å²) >= 11 is 0. The van der Waals surface area contributed by atoms with Crippen LogP contribution >= 0.6 is 0 Å². The van der Waals surface area contributed by atoms with Gasteiger partial charge in [0.15, 0.2) is 17.3 Å². The quantitative estimate of drug-likeness (QED) is 0.544. The number of carbonyl (C=O) groups is 1. The van der Waals surface area contributed by atoms with E-state index in [0.717, 1.165) is 0 Å². The Morgan fingerprint density at radius 3 is 1.90 bits per heavy atom. The van der Waals surface area contributed by atoms with Gasteiger partial charge in [-0.25, -0.2) is 0 Å². The number of rotatable bonds is 7. The van der Waals surface area contributed by atoms with E-state index in [9.17, 15) is 4.79 Å². The molecule has 1 aromatic rings. The van der Waals surface area contributed by atoms with Crippen molar-refractivity contribution in [1.82, 2.24) is 0 Å². The summed E-state index contributed by atoms with van der Waals surface area (Å²) in [6.45, 7) is 10.6. The molecule has 0 heterocycles. The molecule has 0 aliphatic carbocycles. The Kier molecular flexibility index (Phi) is 6.73. The van der Waals surface area contributed by atoms with E-state index in [4.69, 9.17) is 9.47 Å². The molecule has 114 valence electrons. The molecule has 0 aromatic heterocycles. The van der Waals surface area contributed by atoms with Gasteiger partial charge in [-0.05, 0) is 65.0 Å². The van der Waals surface area contributed by atoms with Gasteiger partial charge in [-0.15, -0.1) is 0 Å². The SMILES string of the molecule is CC(=O)c1ccc(OCC=C(C)C)c(OCC=C(C)C)c1. The second kappa shape index (κ2) is 8.30. The fourth-order valence-corrected chi connectivity index (χ4v) is 1.56. The molecule has 0 fully saturated rings. The second-order valence-corrected chi connectivity index (χ2v) is 5.40. The summed E-state index contributed by atoms with van der Waals surface area (Å²) in [5.74, 6) is 1.26. The molecule has 1 aromatic carbocycles. The Morgan fingerprint density at radius 1 is 0.905 bits per heavy atom. The highest BCUT2D eigenvalue weighted by Crippen LogP contribution is 2.29. The fourth-order valence-electron chi connectivity index (χ4n) is 1.56. The first kappa shape index (κ1) is 17.0. The minimum absolute atomic E-state index is 0.0120. The summed E-state index contributed by atoms with van der Waals surface area (Å²) in [5.41, 5.74) is 3.00. The number of carbonyl (C=O) groups excluding carboxylic acids is 1. The third kappa shape index (κ3) is 6.30. The van der Waals surface area contributed by atoms with E-state index in [1.54, 1.807) is 25.1 Å². The zero-order valence-electron chi connectivity index (χ0n) is 13.5. The van der Waals surface area contributed by atoms with Crippen LogP contribution in [0.25, 0.3) is 0 Å². The Balaban J connectivity index is 2.91. The molecule has 0 aliphatic heterocycles. The molecule has 3 heteroatoms. The molecule has 0 amide bonds. The van der Waals surface area contributed by atoms with Crippen molar-refractivity contribution in [3.05, 3.63) is 47.1 Å². The number of allylic oxidation sites excluding steroid dienone is 2. The minimum atomic E-state index is 0.0120. The van der Waals surface area contributed by atoms with Crippen LogP contribution in [-0.4, -0.2) is 19.0 Å². The average molecular weight is 288 g/mol. The van der Waals surface area contributed by atoms with E-state index in [1.807, 2.05) is 39.8 Å². The van der Waals surface area contributed by atoms with Crippen molar-refractivity contribution in [2.45, 2.75) is 34.6 Å². The van der Waals surface area contributed by atoms with E-state index in [-0.39, 0.29) is 5.78 Å². The van der Waals surface area contributed by atoms with Gasteiger partial charge in [0.25, 0.3) is 0 Å². The zero-order chi connectivity index (χ0) is 15.8. The van der Waals surface area contributed by atoms with Crippen molar-refractivity contribution < 1.29 is 14.3 Å². The summed E-state index contributed by atoms with van der Waals surface area (Å²) in [6.07, 6.45) is 3.99. The summed E-state index contributed by atoms with van der Waals surface area (Å²) in [5, 5.41) is 0. The maximum Gasteiger partial charge on any atom is 0.162 e. The van der Waals surface area contributed by atoms with E-state index < -0.39 is 0 Å². The first-order valence-corrected chi connectivity index (χ1v) is 7.07. The predicted molar refractivity (Wildman–Crippen MR) is 86.3 cm³/mol. The van der Waals surface area contributed by atoms with Gasteiger partial charge < -0.3 is 9.47 Å². The van der Waals surface area contributed by atoms with Gasteiger partial charge in [0, 0.05) is 5.56 Å². The van der Waals surface area contributed by atoms with Crippen LogP contribution in [0.4, 0.5) is 0 Å². The highest BCUT2D eigenvalue weighted by Gasteiger charge is 2.08. The number of hydrogen-bond acceptors (Lipinski definition) is 3. The second-order valence-electron chi connectivity index (χ2n) is 5.40. The predicted octanol–water partition coefficient (Wildman–Crippen LogP) is 4.58. The van der Waals surface area contributed by atoms with Crippen molar-refractivity contribution in [2.75, 3.05) is 13.2 Å². The lowest BCUT2D eigenvalue weighted by Gasteiger charge is -2.12. The highest BCUT2D eigenvalue weighted by atomic mass is 16.5. The van der Waals surface area contributed by atoms with Crippen molar-refractivity contribution in [2.24, 2.45) is 0 Å². The molecule has 0 aliphatic rings. The van der Waals surface area contributed by atoms with Crippen LogP contribution in [0.5, 0.6) is 11.5 Å². The molecule has 3 nitrogen and oxygen atoms in total. The van der Waals surface area contributed by atoms with Crippen LogP contribution in [0.15, 0.2) is 41.5 Å². The number of benzene rings is 1. The number of Topliss-reactive ketones (excluding diaryl/α,β-unsaturated/α-hetero) is 1. The molecule has 0 saturated heterocycles. The van der Waals surface area contributed by atoms with Crippen LogP contribution in [-0.2, 0) is 0 Å². The molecule has 0 radical (unpaired) electrons. The maximum absolute atomic E-state index is 11.5. The van der Waals surface area contributed by atoms with E-state index in [2.05, 4.69) is 0 Å². The molecule has 0 spiro atoms. The molecule has 21 heavy (non-hydrogen) atoms. The summed E-state index contributed by atoms with van der Waals surface area (Å²) < 4.78 is 11.4. The largest absolute Gasteiger partial charge is 0.486 e.